The van der Waals surface area contributed by atoms with Gasteiger partial charge >= 0.3 is 0 Å². The normalized spacial score (nSPS) is 11.3. The molecule has 0 unspecified atom stereocenters. The number of hydrogen-bond acceptors (Lipinski definition) is 0. The summed E-state index contributed by atoms with van der Waals surface area (Å²) >= 11 is 0. The van der Waals surface area contributed by atoms with Gasteiger partial charge < -0.3 is 0 Å². The van der Waals surface area contributed by atoms with E-state index >= 15 is 0 Å². The molecule has 20 heavy (non-hydrogen) atoms. The maximum absolute atomic E-state index is 2.39. The van der Waals surface area contributed by atoms with Crippen LogP contribution in [0.15, 0.2) is 48.5 Å². The van der Waals surface area contributed by atoms with Crippen molar-refractivity contribution < 1.29 is 0 Å². The summed E-state index contributed by atoms with van der Waals surface area (Å²) in [6, 6.07) is 18.1. The van der Waals surface area contributed by atoms with Crippen LogP contribution in [0.5, 0.6) is 0 Å². The highest BCUT2D eigenvalue weighted by Gasteiger charge is 2.11. The number of benzene rings is 2. The molecule has 0 N–H and O–H groups in total. The van der Waals surface area contributed by atoms with E-state index in [1.165, 1.54) is 0 Å². The molecule has 100 valence electrons. The first-order chi connectivity index (χ1) is 9.59. The molecule has 2 rings (SSSR count). The second kappa shape index (κ2) is 7.35. The van der Waals surface area contributed by atoms with E-state index in [1.807, 2.05) is 0 Å². The lowest BCUT2D eigenvalue weighted by atomic mass is 10.4. The molecule has 0 atom stereocenters. The van der Waals surface area contributed by atoms with Crippen molar-refractivity contribution in [3.05, 3.63) is 48.5 Å². The quantitative estimate of drug-likeness (QED) is 0.717. The molecule has 0 spiro atoms. The van der Waals surface area contributed by atoms with Crippen LogP contribution < -0.4 is 20.7 Å². The Kier molecular flexibility index (Phi) is 5.77. The van der Waals surface area contributed by atoms with Gasteiger partial charge in [0.15, 0.2) is 0 Å². The maximum atomic E-state index is 2.39. The lowest BCUT2D eigenvalue weighted by Gasteiger charge is -2.13. The molecule has 0 heterocycles. The highest BCUT2D eigenvalue weighted by molar-refractivity contribution is 7.15. The molecule has 0 aliphatic heterocycles. The van der Waals surface area contributed by atoms with Crippen molar-refractivity contribution >= 4 is 56.4 Å². The van der Waals surface area contributed by atoms with Gasteiger partial charge in [-0.3, -0.25) is 0 Å². The largest absolute Gasteiger partial charge is 0.0789 e. The lowest BCUT2D eigenvalue weighted by Crippen LogP contribution is -2.48. The maximum Gasteiger partial charge on any atom is 0.0789 e. The third-order valence-electron chi connectivity index (χ3n) is 3.26. The van der Waals surface area contributed by atoms with Crippen molar-refractivity contribution in [2.45, 2.75) is 26.2 Å². The predicted molar refractivity (Wildman–Crippen MR) is 97.9 cm³/mol. The summed E-state index contributed by atoms with van der Waals surface area (Å²) in [5.41, 5.74) is 0. The van der Waals surface area contributed by atoms with Gasteiger partial charge in [0.25, 0.3) is 0 Å². The van der Waals surface area contributed by atoms with E-state index in [0.717, 1.165) is 18.1 Å². The highest BCUT2D eigenvalue weighted by Crippen LogP contribution is 1.88. The first kappa shape index (κ1) is 15.7. The standard InChI is InChI=1S/C16H20Si4/c1-19(2)15-11-7-5-9-13(15)17-18-14-10-6-8-12-16(14)20(3)4/h5-12H,1-4H3. The molecule has 0 nitrogen and oxygen atoms in total. The molecule has 0 saturated heterocycles. The first-order valence-corrected chi connectivity index (χ1v) is 14.9. The fourth-order valence-corrected chi connectivity index (χ4v) is 10.1. The summed E-state index contributed by atoms with van der Waals surface area (Å²) in [6.45, 7) is 9.57. The zero-order chi connectivity index (χ0) is 14.5. The smallest absolute Gasteiger partial charge is 0.0683 e. The van der Waals surface area contributed by atoms with Crippen molar-refractivity contribution in [1.82, 2.24) is 0 Å². The molecule has 2 aromatic rings. The Hall–Kier alpha value is -0.692. The summed E-state index contributed by atoms with van der Waals surface area (Å²) in [7, 11) is 1.16. The predicted octanol–water partition coefficient (Wildman–Crippen LogP) is 0.884. The minimum atomic E-state index is -0.354. The van der Waals surface area contributed by atoms with E-state index in [-0.39, 0.29) is 17.6 Å². The van der Waals surface area contributed by atoms with Crippen molar-refractivity contribution in [1.29, 1.82) is 0 Å². The molecule has 0 fully saturated rings. The van der Waals surface area contributed by atoms with E-state index in [2.05, 4.69) is 74.7 Å². The van der Waals surface area contributed by atoms with Gasteiger partial charge in [-0.25, -0.2) is 0 Å². The average Bonchev–Trinajstić information content (AvgIpc) is 2.45. The van der Waals surface area contributed by atoms with Crippen LogP contribution in [0.3, 0.4) is 0 Å². The van der Waals surface area contributed by atoms with Crippen LogP contribution in [0, 0.1) is 0 Å². The molecule has 0 amide bonds. The fraction of sp³-hybridized carbons (Fsp3) is 0.250. The summed E-state index contributed by atoms with van der Waals surface area (Å²) in [5, 5.41) is 6.44. The zero-order valence-corrected chi connectivity index (χ0v) is 16.6. The van der Waals surface area contributed by atoms with Gasteiger partial charge in [-0.15, -0.1) is 0 Å². The lowest BCUT2D eigenvalue weighted by molar-refractivity contribution is 1.78. The van der Waals surface area contributed by atoms with Crippen LogP contribution in [-0.4, -0.2) is 35.7 Å². The molecular formula is C16H20Si4. The molecule has 4 heteroatoms. The minimum absolute atomic E-state index is 0.354. The Labute approximate surface area is 131 Å². The zero-order valence-electron chi connectivity index (χ0n) is 12.6. The Balaban J connectivity index is 2.17. The van der Waals surface area contributed by atoms with E-state index < -0.39 is 0 Å². The van der Waals surface area contributed by atoms with Crippen molar-refractivity contribution in [3.63, 3.8) is 0 Å². The van der Waals surface area contributed by atoms with Gasteiger partial charge in [0, 0.05) is 0 Å². The summed E-state index contributed by atoms with van der Waals surface area (Å²) < 4.78 is 0. The monoisotopic (exact) mass is 324 g/mol. The van der Waals surface area contributed by atoms with E-state index in [0.29, 0.717) is 0 Å². The Morgan fingerprint density at radius 2 is 0.950 bits per heavy atom. The number of rotatable bonds is 5. The third kappa shape index (κ3) is 3.91. The summed E-state index contributed by atoms with van der Waals surface area (Å²) in [5.74, 6) is 0. The van der Waals surface area contributed by atoms with Gasteiger partial charge in [-0.1, -0.05) is 95.5 Å². The van der Waals surface area contributed by atoms with E-state index in [1.54, 1.807) is 20.7 Å². The van der Waals surface area contributed by atoms with E-state index in [9.17, 15) is 0 Å². The Bertz CT molecular complexity index is 512. The van der Waals surface area contributed by atoms with Crippen molar-refractivity contribution in [2.24, 2.45) is 0 Å². The molecule has 2 aromatic carbocycles. The van der Waals surface area contributed by atoms with Crippen LogP contribution in [0.25, 0.3) is 0 Å². The van der Waals surface area contributed by atoms with Crippen molar-refractivity contribution in [3.8, 4) is 0 Å². The molecule has 0 bridgehead atoms. The van der Waals surface area contributed by atoms with Crippen LogP contribution in [0.4, 0.5) is 0 Å². The van der Waals surface area contributed by atoms with Gasteiger partial charge in [0.2, 0.25) is 0 Å². The Morgan fingerprint density at radius 1 is 0.600 bits per heavy atom. The van der Waals surface area contributed by atoms with Crippen LogP contribution >= 0.6 is 0 Å². The second-order valence-corrected chi connectivity index (χ2v) is 13.5. The van der Waals surface area contributed by atoms with Crippen LogP contribution in [0.1, 0.15) is 0 Å². The van der Waals surface area contributed by atoms with Crippen LogP contribution in [-0.2, 0) is 0 Å². The van der Waals surface area contributed by atoms with Gasteiger partial charge in [0.05, 0.1) is 35.7 Å². The highest BCUT2D eigenvalue weighted by atomic mass is 29.1. The molecule has 6 radical (unpaired) electrons. The van der Waals surface area contributed by atoms with Gasteiger partial charge in [-0.05, 0) is 0 Å². The minimum Gasteiger partial charge on any atom is -0.0683 e. The number of hydrogen-bond donors (Lipinski definition) is 0. The first-order valence-electron chi connectivity index (χ1n) is 6.90. The van der Waals surface area contributed by atoms with Crippen LogP contribution in [0.2, 0.25) is 26.2 Å². The SMILES string of the molecule is C[Si](C)c1ccccc1[Si][Si]c1ccccc1[Si](C)C. The fourth-order valence-electron chi connectivity index (χ4n) is 2.19. The summed E-state index contributed by atoms with van der Waals surface area (Å²) in [4.78, 5) is 0. The third-order valence-corrected chi connectivity index (χ3v) is 10.3. The van der Waals surface area contributed by atoms with Gasteiger partial charge in [0.1, 0.15) is 0 Å². The molecule has 0 aromatic heterocycles. The molecule has 0 saturated carbocycles. The van der Waals surface area contributed by atoms with E-state index in [4.69, 9.17) is 0 Å². The Morgan fingerprint density at radius 3 is 1.30 bits per heavy atom. The summed E-state index contributed by atoms with van der Waals surface area (Å²) in [6.07, 6.45) is 0. The van der Waals surface area contributed by atoms with Crippen molar-refractivity contribution in [2.75, 3.05) is 0 Å². The molecule has 0 aliphatic rings. The van der Waals surface area contributed by atoms with Gasteiger partial charge in [-0.2, -0.15) is 0 Å². The average molecular weight is 325 g/mol. The molecule has 0 aliphatic carbocycles. The topological polar surface area (TPSA) is 0 Å². The molecular weight excluding hydrogens is 305 g/mol. The second-order valence-electron chi connectivity index (χ2n) is 5.34.